The molecule has 0 saturated carbocycles. The summed E-state index contributed by atoms with van der Waals surface area (Å²) >= 11 is 0. The SMILES string of the molecule is O=C(c1cc2cnc(-c3ccccc3)nc2[nH]1)N1CCN(CCCCc2ccccc2)CC1. The van der Waals surface area contributed by atoms with Crippen LogP contribution in [0.3, 0.4) is 0 Å². The zero-order valence-corrected chi connectivity index (χ0v) is 18.8. The minimum atomic E-state index is 0.0398. The maximum atomic E-state index is 13.1. The Kier molecular flexibility index (Phi) is 6.44. The number of hydrogen-bond acceptors (Lipinski definition) is 4. The molecule has 1 N–H and O–H groups in total. The van der Waals surface area contributed by atoms with Crippen molar-refractivity contribution in [3.05, 3.63) is 84.2 Å². The van der Waals surface area contributed by atoms with Crippen LogP contribution in [0.15, 0.2) is 72.9 Å². The summed E-state index contributed by atoms with van der Waals surface area (Å²) in [5.41, 5.74) is 3.65. The van der Waals surface area contributed by atoms with E-state index in [9.17, 15) is 4.79 Å². The number of carbonyl (C=O) groups excluding carboxylic acids is 1. The molecule has 1 aliphatic rings. The molecular formula is C27H29N5O. The van der Waals surface area contributed by atoms with Crippen molar-refractivity contribution >= 4 is 16.9 Å². The smallest absolute Gasteiger partial charge is 0.270 e. The molecule has 3 heterocycles. The molecule has 0 bridgehead atoms. The van der Waals surface area contributed by atoms with E-state index in [2.05, 4.69) is 50.2 Å². The molecular weight excluding hydrogens is 410 g/mol. The van der Waals surface area contributed by atoms with Crippen molar-refractivity contribution in [2.75, 3.05) is 32.7 Å². The molecule has 6 nitrogen and oxygen atoms in total. The zero-order valence-electron chi connectivity index (χ0n) is 18.8. The van der Waals surface area contributed by atoms with E-state index in [-0.39, 0.29) is 5.91 Å². The molecule has 2 aromatic carbocycles. The summed E-state index contributed by atoms with van der Waals surface area (Å²) in [4.78, 5) is 29.8. The Bertz CT molecular complexity index is 1200. The summed E-state index contributed by atoms with van der Waals surface area (Å²) in [5, 5.41) is 0.857. The molecule has 0 spiro atoms. The fraction of sp³-hybridized carbons (Fsp3) is 0.296. The number of aromatic amines is 1. The molecule has 5 rings (SSSR count). The number of hydrogen-bond donors (Lipinski definition) is 1. The molecule has 1 aliphatic heterocycles. The van der Waals surface area contributed by atoms with Gasteiger partial charge >= 0.3 is 0 Å². The maximum absolute atomic E-state index is 13.1. The minimum Gasteiger partial charge on any atom is -0.335 e. The lowest BCUT2D eigenvalue weighted by Crippen LogP contribution is -2.48. The number of unbranched alkanes of at least 4 members (excludes halogenated alkanes) is 1. The third kappa shape index (κ3) is 5.12. The van der Waals surface area contributed by atoms with Gasteiger partial charge in [0, 0.05) is 43.3 Å². The number of aryl methyl sites for hydroxylation is 1. The van der Waals surface area contributed by atoms with Crippen LogP contribution in [-0.4, -0.2) is 63.4 Å². The van der Waals surface area contributed by atoms with Crippen LogP contribution in [0.5, 0.6) is 0 Å². The monoisotopic (exact) mass is 439 g/mol. The van der Waals surface area contributed by atoms with Crippen LogP contribution in [0.1, 0.15) is 28.9 Å². The van der Waals surface area contributed by atoms with Gasteiger partial charge < -0.3 is 9.88 Å². The number of amides is 1. The number of fused-ring (bicyclic) bond motifs is 1. The van der Waals surface area contributed by atoms with Crippen LogP contribution in [0.25, 0.3) is 22.4 Å². The first-order valence-electron chi connectivity index (χ1n) is 11.7. The number of benzene rings is 2. The Labute approximate surface area is 194 Å². The first kappa shape index (κ1) is 21.3. The average Bonchev–Trinajstić information content (AvgIpc) is 3.31. The third-order valence-electron chi connectivity index (χ3n) is 6.32. The first-order valence-corrected chi connectivity index (χ1v) is 11.7. The van der Waals surface area contributed by atoms with E-state index in [1.165, 1.54) is 18.4 Å². The lowest BCUT2D eigenvalue weighted by Gasteiger charge is -2.34. The molecule has 0 radical (unpaired) electrons. The second-order valence-corrected chi connectivity index (χ2v) is 8.62. The van der Waals surface area contributed by atoms with Crippen LogP contribution in [0.2, 0.25) is 0 Å². The Hall–Kier alpha value is -3.51. The van der Waals surface area contributed by atoms with Gasteiger partial charge in [-0.3, -0.25) is 9.69 Å². The number of piperazine rings is 1. The Balaban J connectivity index is 1.14. The van der Waals surface area contributed by atoms with Gasteiger partial charge in [0.1, 0.15) is 11.3 Å². The van der Waals surface area contributed by atoms with Crippen molar-refractivity contribution in [1.82, 2.24) is 24.8 Å². The van der Waals surface area contributed by atoms with Crippen LogP contribution in [-0.2, 0) is 6.42 Å². The quantitative estimate of drug-likeness (QED) is 0.433. The highest BCUT2D eigenvalue weighted by Crippen LogP contribution is 2.20. The second-order valence-electron chi connectivity index (χ2n) is 8.62. The lowest BCUT2D eigenvalue weighted by molar-refractivity contribution is 0.0630. The third-order valence-corrected chi connectivity index (χ3v) is 6.32. The lowest BCUT2D eigenvalue weighted by atomic mass is 10.1. The molecule has 0 atom stereocenters. The van der Waals surface area contributed by atoms with Crippen molar-refractivity contribution < 1.29 is 4.79 Å². The summed E-state index contributed by atoms with van der Waals surface area (Å²) in [6.45, 7) is 4.46. The molecule has 0 aliphatic carbocycles. The molecule has 0 unspecified atom stereocenters. The summed E-state index contributed by atoms with van der Waals surface area (Å²) in [7, 11) is 0. The Morgan fingerprint density at radius 2 is 1.64 bits per heavy atom. The average molecular weight is 440 g/mol. The fourth-order valence-corrected chi connectivity index (χ4v) is 4.41. The standard InChI is InChI=1S/C27H29N5O/c33-27(24-19-23-20-28-25(30-26(23)29-24)22-12-5-2-6-13-22)32-17-15-31(16-18-32)14-8-7-11-21-9-3-1-4-10-21/h1-6,9-10,12-13,19-20H,7-8,11,14-18H2,(H,28,29,30). The van der Waals surface area contributed by atoms with Crippen molar-refractivity contribution in [3.8, 4) is 11.4 Å². The van der Waals surface area contributed by atoms with Gasteiger partial charge in [-0.2, -0.15) is 0 Å². The van der Waals surface area contributed by atoms with E-state index in [0.29, 0.717) is 17.2 Å². The minimum absolute atomic E-state index is 0.0398. The highest BCUT2D eigenvalue weighted by molar-refractivity contribution is 5.97. The van der Waals surface area contributed by atoms with Crippen molar-refractivity contribution in [3.63, 3.8) is 0 Å². The molecule has 1 amide bonds. The zero-order chi connectivity index (χ0) is 22.5. The molecule has 4 aromatic rings. The highest BCUT2D eigenvalue weighted by Gasteiger charge is 2.23. The number of aromatic nitrogens is 3. The summed E-state index contributed by atoms with van der Waals surface area (Å²) in [6.07, 6.45) is 5.30. The van der Waals surface area contributed by atoms with Crippen molar-refractivity contribution in [2.24, 2.45) is 0 Å². The van der Waals surface area contributed by atoms with Gasteiger partial charge in [-0.15, -0.1) is 0 Å². The normalized spacial score (nSPS) is 14.6. The number of nitrogens with one attached hydrogen (secondary N) is 1. The molecule has 1 saturated heterocycles. The van der Waals surface area contributed by atoms with Gasteiger partial charge in [-0.25, -0.2) is 9.97 Å². The number of rotatable bonds is 7. The summed E-state index contributed by atoms with van der Waals surface area (Å²) < 4.78 is 0. The van der Waals surface area contributed by atoms with Gasteiger partial charge in [0.05, 0.1) is 0 Å². The van der Waals surface area contributed by atoms with Crippen LogP contribution in [0.4, 0.5) is 0 Å². The second kappa shape index (κ2) is 9.96. The molecule has 2 aromatic heterocycles. The predicted molar refractivity (Wildman–Crippen MR) is 131 cm³/mol. The molecule has 33 heavy (non-hydrogen) atoms. The van der Waals surface area contributed by atoms with Crippen molar-refractivity contribution in [1.29, 1.82) is 0 Å². The number of H-pyrrole nitrogens is 1. The van der Waals surface area contributed by atoms with E-state index in [4.69, 9.17) is 0 Å². The van der Waals surface area contributed by atoms with Crippen LogP contribution >= 0.6 is 0 Å². The number of carbonyl (C=O) groups is 1. The van der Waals surface area contributed by atoms with E-state index in [1.54, 1.807) is 6.20 Å². The van der Waals surface area contributed by atoms with E-state index >= 15 is 0 Å². The topological polar surface area (TPSA) is 65.1 Å². The molecule has 1 fully saturated rings. The van der Waals surface area contributed by atoms with E-state index in [1.807, 2.05) is 41.3 Å². The molecule has 6 heteroatoms. The molecule has 168 valence electrons. The first-order chi connectivity index (χ1) is 16.3. The number of nitrogens with zero attached hydrogens (tertiary/aromatic N) is 4. The summed E-state index contributed by atoms with van der Waals surface area (Å²) in [5.74, 6) is 0.697. The largest absolute Gasteiger partial charge is 0.335 e. The highest BCUT2D eigenvalue weighted by atomic mass is 16.2. The summed E-state index contributed by atoms with van der Waals surface area (Å²) in [6, 6.07) is 22.4. The van der Waals surface area contributed by atoms with Crippen LogP contribution < -0.4 is 0 Å². The predicted octanol–water partition coefficient (Wildman–Crippen LogP) is 4.41. The Morgan fingerprint density at radius 3 is 2.39 bits per heavy atom. The fourth-order valence-electron chi connectivity index (χ4n) is 4.41. The van der Waals surface area contributed by atoms with Crippen molar-refractivity contribution in [2.45, 2.75) is 19.3 Å². The Morgan fingerprint density at radius 1 is 0.909 bits per heavy atom. The van der Waals surface area contributed by atoms with E-state index < -0.39 is 0 Å². The van der Waals surface area contributed by atoms with Crippen LogP contribution in [0, 0.1) is 0 Å². The maximum Gasteiger partial charge on any atom is 0.270 e. The van der Waals surface area contributed by atoms with Gasteiger partial charge in [-0.05, 0) is 37.4 Å². The van der Waals surface area contributed by atoms with E-state index in [0.717, 1.165) is 50.1 Å². The van der Waals surface area contributed by atoms with Gasteiger partial charge in [0.2, 0.25) is 0 Å². The van der Waals surface area contributed by atoms with Gasteiger partial charge in [0.25, 0.3) is 5.91 Å². The van der Waals surface area contributed by atoms with Gasteiger partial charge in [0.15, 0.2) is 5.82 Å². The van der Waals surface area contributed by atoms with Gasteiger partial charge in [-0.1, -0.05) is 60.7 Å².